The van der Waals surface area contributed by atoms with Crippen LogP contribution in [0.3, 0.4) is 0 Å². The van der Waals surface area contributed by atoms with Crippen LogP contribution in [-0.2, 0) is 9.59 Å². The second-order valence-corrected chi connectivity index (χ2v) is 4.60. The van der Waals surface area contributed by atoms with E-state index >= 15 is 0 Å². The summed E-state index contributed by atoms with van der Waals surface area (Å²) in [5.74, 6) is -2.69. The van der Waals surface area contributed by atoms with Crippen molar-refractivity contribution >= 4 is 17.7 Å². The molecule has 0 saturated carbocycles. The van der Waals surface area contributed by atoms with Gasteiger partial charge in [0.2, 0.25) is 11.8 Å². The first-order chi connectivity index (χ1) is 10.4. The fraction of sp³-hybridized carbons (Fsp3) is 0.143. The molecule has 8 heteroatoms. The van der Waals surface area contributed by atoms with Gasteiger partial charge in [0, 0.05) is 0 Å². The SMILES string of the molecule is Cc1c(C(=O)NC(C(N)=O)C(N)=O)cnn1-c1ccccc1. The van der Waals surface area contributed by atoms with Gasteiger partial charge in [-0.3, -0.25) is 14.4 Å². The van der Waals surface area contributed by atoms with Gasteiger partial charge < -0.3 is 16.8 Å². The van der Waals surface area contributed by atoms with Gasteiger partial charge in [0.15, 0.2) is 6.04 Å². The average molecular weight is 301 g/mol. The molecule has 1 heterocycles. The molecule has 114 valence electrons. The van der Waals surface area contributed by atoms with Crippen molar-refractivity contribution in [1.29, 1.82) is 0 Å². The molecule has 1 aromatic carbocycles. The number of nitrogens with zero attached hydrogens (tertiary/aromatic N) is 2. The molecule has 0 aliphatic rings. The van der Waals surface area contributed by atoms with Gasteiger partial charge in [-0.2, -0.15) is 5.10 Å². The van der Waals surface area contributed by atoms with Crippen molar-refractivity contribution in [2.75, 3.05) is 0 Å². The Bertz CT molecular complexity index is 709. The molecule has 0 bridgehead atoms. The number of nitrogens with one attached hydrogen (secondary N) is 1. The zero-order valence-corrected chi connectivity index (χ0v) is 11.8. The first kappa shape index (κ1) is 15.2. The van der Waals surface area contributed by atoms with E-state index in [9.17, 15) is 14.4 Å². The lowest BCUT2D eigenvalue weighted by atomic mass is 10.2. The third-order valence-corrected chi connectivity index (χ3v) is 3.10. The Labute approximate surface area is 126 Å². The number of para-hydroxylation sites is 1. The number of nitrogens with two attached hydrogens (primary N) is 2. The number of primary amides is 2. The Balaban J connectivity index is 2.27. The second kappa shape index (κ2) is 6.08. The molecule has 0 spiro atoms. The summed E-state index contributed by atoms with van der Waals surface area (Å²) >= 11 is 0. The summed E-state index contributed by atoms with van der Waals surface area (Å²) in [4.78, 5) is 34.4. The topological polar surface area (TPSA) is 133 Å². The summed E-state index contributed by atoms with van der Waals surface area (Å²) in [6.07, 6.45) is 1.34. The predicted octanol–water partition coefficient (Wildman–Crippen LogP) is -0.750. The zero-order chi connectivity index (χ0) is 16.3. The maximum Gasteiger partial charge on any atom is 0.255 e. The molecule has 0 atom stereocenters. The quantitative estimate of drug-likeness (QED) is 0.626. The van der Waals surface area contributed by atoms with Crippen molar-refractivity contribution < 1.29 is 14.4 Å². The van der Waals surface area contributed by atoms with E-state index in [2.05, 4.69) is 10.4 Å². The molecule has 0 saturated heterocycles. The number of aromatic nitrogens is 2. The summed E-state index contributed by atoms with van der Waals surface area (Å²) in [6.45, 7) is 1.69. The van der Waals surface area contributed by atoms with Crippen molar-refractivity contribution in [3.8, 4) is 5.69 Å². The fourth-order valence-corrected chi connectivity index (χ4v) is 1.95. The summed E-state index contributed by atoms with van der Waals surface area (Å²) in [5.41, 5.74) is 11.6. The van der Waals surface area contributed by atoms with Gasteiger partial charge in [0.25, 0.3) is 5.91 Å². The minimum Gasteiger partial charge on any atom is -0.367 e. The highest BCUT2D eigenvalue weighted by atomic mass is 16.2. The second-order valence-electron chi connectivity index (χ2n) is 4.60. The predicted molar refractivity (Wildman–Crippen MR) is 77.9 cm³/mol. The summed E-state index contributed by atoms with van der Waals surface area (Å²) in [6, 6.07) is 7.64. The van der Waals surface area contributed by atoms with Gasteiger partial charge in [0.1, 0.15) is 0 Å². The van der Waals surface area contributed by atoms with Gasteiger partial charge in [-0.25, -0.2) is 4.68 Å². The normalized spacial score (nSPS) is 10.5. The average Bonchev–Trinajstić information content (AvgIpc) is 2.86. The van der Waals surface area contributed by atoms with E-state index in [1.807, 2.05) is 30.3 Å². The lowest BCUT2D eigenvalue weighted by Crippen LogP contribution is -2.52. The number of benzene rings is 1. The number of rotatable bonds is 5. The molecule has 0 unspecified atom stereocenters. The minimum absolute atomic E-state index is 0.219. The van der Waals surface area contributed by atoms with Crippen LogP contribution in [0, 0.1) is 6.92 Å². The molecule has 3 amide bonds. The first-order valence-corrected chi connectivity index (χ1v) is 6.41. The zero-order valence-electron chi connectivity index (χ0n) is 11.8. The highest BCUT2D eigenvalue weighted by molar-refractivity contribution is 6.08. The smallest absolute Gasteiger partial charge is 0.255 e. The molecule has 0 aliphatic heterocycles. The molecular formula is C14H15N5O3. The van der Waals surface area contributed by atoms with Crippen molar-refractivity contribution in [3.63, 3.8) is 0 Å². The number of carbonyl (C=O) groups excluding carboxylic acids is 3. The molecule has 2 rings (SSSR count). The van der Waals surface area contributed by atoms with Crippen molar-refractivity contribution in [2.45, 2.75) is 13.0 Å². The van der Waals surface area contributed by atoms with E-state index in [0.29, 0.717) is 5.69 Å². The Morgan fingerprint density at radius 1 is 1.14 bits per heavy atom. The van der Waals surface area contributed by atoms with Crippen LogP contribution in [0.2, 0.25) is 0 Å². The van der Waals surface area contributed by atoms with Crippen LogP contribution in [0.4, 0.5) is 0 Å². The monoisotopic (exact) mass is 301 g/mol. The summed E-state index contributed by atoms with van der Waals surface area (Å²) < 4.78 is 1.57. The third-order valence-electron chi connectivity index (χ3n) is 3.10. The van der Waals surface area contributed by atoms with E-state index in [0.717, 1.165) is 5.69 Å². The summed E-state index contributed by atoms with van der Waals surface area (Å²) in [5, 5.41) is 6.32. The largest absolute Gasteiger partial charge is 0.367 e. The van der Waals surface area contributed by atoms with Gasteiger partial charge in [-0.1, -0.05) is 18.2 Å². The Morgan fingerprint density at radius 3 is 2.27 bits per heavy atom. The number of hydrogen-bond acceptors (Lipinski definition) is 4. The highest BCUT2D eigenvalue weighted by Gasteiger charge is 2.26. The molecule has 2 aromatic rings. The van der Waals surface area contributed by atoms with E-state index < -0.39 is 23.8 Å². The van der Waals surface area contributed by atoms with E-state index in [1.165, 1.54) is 6.20 Å². The van der Waals surface area contributed by atoms with Crippen molar-refractivity contribution in [1.82, 2.24) is 15.1 Å². The molecule has 0 fully saturated rings. The standard InChI is InChI=1S/C14H15N5O3/c1-8-10(14(22)18-11(12(15)20)13(16)21)7-17-19(8)9-5-3-2-4-6-9/h2-7,11H,1H3,(H2,15,20)(H2,16,21)(H,18,22). The maximum absolute atomic E-state index is 12.1. The van der Waals surface area contributed by atoms with Crippen LogP contribution in [-0.4, -0.2) is 33.5 Å². The van der Waals surface area contributed by atoms with Crippen molar-refractivity contribution in [3.05, 3.63) is 47.8 Å². The van der Waals surface area contributed by atoms with E-state index in [4.69, 9.17) is 11.5 Å². The fourth-order valence-electron chi connectivity index (χ4n) is 1.95. The Morgan fingerprint density at radius 2 is 1.73 bits per heavy atom. The minimum atomic E-state index is -1.56. The number of hydrogen-bond donors (Lipinski definition) is 3. The summed E-state index contributed by atoms with van der Waals surface area (Å²) in [7, 11) is 0. The molecule has 1 aromatic heterocycles. The molecule has 8 nitrogen and oxygen atoms in total. The molecule has 5 N–H and O–H groups in total. The maximum atomic E-state index is 12.1. The van der Waals surface area contributed by atoms with E-state index in [1.54, 1.807) is 11.6 Å². The molecule has 22 heavy (non-hydrogen) atoms. The van der Waals surface area contributed by atoms with Crippen LogP contribution >= 0.6 is 0 Å². The van der Waals surface area contributed by atoms with Crippen LogP contribution < -0.4 is 16.8 Å². The van der Waals surface area contributed by atoms with Crippen LogP contribution in [0.15, 0.2) is 36.5 Å². The molecule has 0 aliphatic carbocycles. The Kier molecular flexibility index (Phi) is 4.21. The third kappa shape index (κ3) is 2.95. The number of amides is 3. The first-order valence-electron chi connectivity index (χ1n) is 6.41. The van der Waals surface area contributed by atoms with Crippen molar-refractivity contribution in [2.24, 2.45) is 11.5 Å². The highest BCUT2D eigenvalue weighted by Crippen LogP contribution is 2.13. The molecular weight excluding hydrogens is 286 g/mol. The Hall–Kier alpha value is -3.16. The van der Waals surface area contributed by atoms with E-state index in [-0.39, 0.29) is 5.56 Å². The van der Waals surface area contributed by atoms with Gasteiger partial charge in [-0.15, -0.1) is 0 Å². The van der Waals surface area contributed by atoms with Gasteiger partial charge in [0.05, 0.1) is 23.1 Å². The van der Waals surface area contributed by atoms with Gasteiger partial charge >= 0.3 is 0 Å². The van der Waals surface area contributed by atoms with Crippen LogP contribution in [0.1, 0.15) is 16.1 Å². The molecule has 0 radical (unpaired) electrons. The lowest BCUT2D eigenvalue weighted by Gasteiger charge is -2.11. The lowest BCUT2D eigenvalue weighted by molar-refractivity contribution is -0.128. The van der Waals surface area contributed by atoms with Crippen LogP contribution in [0.5, 0.6) is 0 Å². The number of carbonyl (C=O) groups is 3. The van der Waals surface area contributed by atoms with Crippen LogP contribution in [0.25, 0.3) is 5.69 Å². The van der Waals surface area contributed by atoms with Gasteiger partial charge in [-0.05, 0) is 19.1 Å².